The Labute approximate surface area is 190 Å². The van der Waals surface area contributed by atoms with Crippen LogP contribution in [0.4, 0.5) is 0 Å². The molecule has 1 saturated heterocycles. The number of aliphatic imine (C=N–C) groups is 1. The molecule has 6 N–H and O–H groups in total. The van der Waals surface area contributed by atoms with Gasteiger partial charge in [-0.1, -0.05) is 5.16 Å². The van der Waals surface area contributed by atoms with Crippen molar-refractivity contribution in [1.82, 2.24) is 29.1 Å². The van der Waals surface area contributed by atoms with Crippen LogP contribution in [0, 0.1) is 0 Å². The van der Waals surface area contributed by atoms with Crippen LogP contribution in [-0.2, 0) is 36.1 Å². The summed E-state index contributed by atoms with van der Waals surface area (Å²) in [5.74, 6) is -3.69. The van der Waals surface area contributed by atoms with Crippen LogP contribution in [0.3, 0.4) is 0 Å². The van der Waals surface area contributed by atoms with E-state index in [0.717, 1.165) is 11.9 Å². The molecule has 3 heterocycles. The summed E-state index contributed by atoms with van der Waals surface area (Å²) in [6.45, 7) is 2.14. The first kappa shape index (κ1) is 24.4. The molecule has 3 unspecified atom stereocenters. The van der Waals surface area contributed by atoms with Crippen LogP contribution in [0.1, 0.15) is 13.8 Å². The van der Waals surface area contributed by atoms with Crippen LogP contribution in [0.25, 0.3) is 0 Å². The van der Waals surface area contributed by atoms with Gasteiger partial charge in [0.1, 0.15) is 18.7 Å². The lowest BCUT2D eigenvalue weighted by Gasteiger charge is -2.43. The number of hydrogen-bond donors (Lipinski definition) is 5. The number of aliphatic carboxylic acids is 1. The van der Waals surface area contributed by atoms with E-state index in [2.05, 4.69) is 30.3 Å². The fourth-order valence-corrected chi connectivity index (χ4v) is 4.08. The van der Waals surface area contributed by atoms with Crippen LogP contribution in [0.15, 0.2) is 22.8 Å². The predicted octanol–water partition coefficient (Wildman–Crippen LogP) is -3.10. The summed E-state index contributed by atoms with van der Waals surface area (Å²) in [5.41, 5.74) is 2.48. The fraction of sp³-hybridized carbons (Fsp3) is 0.500. The van der Waals surface area contributed by atoms with Gasteiger partial charge in [0, 0.05) is 0 Å². The molecular formula is C14H19N9O8S2. The molecular weight excluding hydrogens is 486 g/mol. The van der Waals surface area contributed by atoms with Crippen molar-refractivity contribution >= 4 is 51.6 Å². The third kappa shape index (κ3) is 5.21. The normalized spacial score (nSPS) is 23.5. The van der Waals surface area contributed by atoms with Crippen LogP contribution in [0.5, 0.6) is 0 Å². The minimum atomic E-state index is -4.92. The van der Waals surface area contributed by atoms with Crippen molar-refractivity contribution in [3.05, 3.63) is 12.7 Å². The van der Waals surface area contributed by atoms with Gasteiger partial charge in [-0.15, -0.1) is 0 Å². The topological polar surface area (TPSA) is 244 Å². The molecule has 0 spiro atoms. The van der Waals surface area contributed by atoms with E-state index in [9.17, 15) is 32.5 Å². The van der Waals surface area contributed by atoms with Crippen LogP contribution >= 0.6 is 11.9 Å². The maximum atomic E-state index is 12.9. The van der Waals surface area contributed by atoms with Crippen LogP contribution < -0.4 is 15.8 Å². The second-order valence-corrected chi connectivity index (χ2v) is 9.39. The minimum absolute atomic E-state index is 0.155. The Morgan fingerprint density at radius 2 is 2.15 bits per heavy atom. The quantitative estimate of drug-likeness (QED) is 0.0735. The average molecular weight is 505 g/mol. The van der Waals surface area contributed by atoms with E-state index < -0.39 is 57.0 Å². The van der Waals surface area contributed by atoms with Gasteiger partial charge in [-0.2, -0.15) is 13.5 Å². The Bertz CT molecular complexity index is 1120. The number of rotatable bonds is 9. The number of hydrogen-bond acceptors (Lipinski definition) is 13. The van der Waals surface area contributed by atoms with E-state index in [1.807, 2.05) is 0 Å². The van der Waals surface area contributed by atoms with E-state index in [4.69, 9.17) is 10.6 Å². The number of nitrogens with one attached hydrogen (secondary N) is 2. The molecule has 3 rings (SSSR count). The lowest BCUT2D eigenvalue weighted by molar-refractivity contribution is -0.161. The first-order valence-electron chi connectivity index (χ1n) is 9.00. The zero-order valence-corrected chi connectivity index (χ0v) is 18.6. The summed E-state index contributed by atoms with van der Waals surface area (Å²) >= 11 is 0.922. The summed E-state index contributed by atoms with van der Waals surface area (Å²) in [6.07, 6.45) is 2.41. The zero-order chi connectivity index (χ0) is 24.6. The summed E-state index contributed by atoms with van der Waals surface area (Å²) < 4.78 is 36.6. The molecule has 2 aliphatic heterocycles. The molecule has 0 aliphatic carbocycles. The van der Waals surface area contributed by atoms with Crippen molar-refractivity contribution in [2.45, 2.75) is 43.6 Å². The molecule has 3 atom stereocenters. The number of carboxylic acid groups (broad SMARTS) is 1. The second-order valence-electron chi connectivity index (χ2n) is 7.18. The third-order valence-electron chi connectivity index (χ3n) is 4.40. The van der Waals surface area contributed by atoms with Crippen molar-refractivity contribution in [1.29, 1.82) is 0 Å². The largest absolute Gasteiger partial charge is 0.478 e. The summed E-state index contributed by atoms with van der Waals surface area (Å²) in [6, 6.07) is -2.66. The van der Waals surface area contributed by atoms with Gasteiger partial charge in [0.25, 0.3) is 11.8 Å². The molecule has 33 heavy (non-hydrogen) atoms. The fourth-order valence-electron chi connectivity index (χ4n) is 2.67. The smallest absolute Gasteiger partial charge is 0.362 e. The monoisotopic (exact) mass is 505 g/mol. The van der Waals surface area contributed by atoms with Gasteiger partial charge in [-0.25, -0.2) is 19.1 Å². The van der Waals surface area contributed by atoms with Gasteiger partial charge in [-0.05, 0) is 25.8 Å². The minimum Gasteiger partial charge on any atom is -0.478 e. The SMILES string of the molecule is CC(C)(O/N=C(\C(=O)NC1C(=O)N(S(=O)(=O)O)C1Cn1cncn1)C1=NC(N)SN1)C(=O)O. The van der Waals surface area contributed by atoms with Gasteiger partial charge in [0.15, 0.2) is 11.3 Å². The van der Waals surface area contributed by atoms with E-state index in [-0.39, 0.29) is 16.7 Å². The van der Waals surface area contributed by atoms with Gasteiger partial charge in [0.2, 0.25) is 11.3 Å². The molecule has 0 saturated carbocycles. The number of amidine groups is 1. The number of nitrogens with zero attached hydrogens (tertiary/aromatic N) is 6. The molecule has 0 aromatic carbocycles. The molecule has 2 aliphatic rings. The third-order valence-corrected chi connectivity index (χ3v) is 6.00. The molecule has 180 valence electrons. The van der Waals surface area contributed by atoms with Crippen molar-refractivity contribution < 1.29 is 37.3 Å². The highest BCUT2D eigenvalue weighted by Gasteiger charge is 2.54. The highest BCUT2D eigenvalue weighted by Crippen LogP contribution is 2.25. The summed E-state index contributed by atoms with van der Waals surface area (Å²) in [7, 11) is -4.92. The lowest BCUT2D eigenvalue weighted by Crippen LogP contribution is -2.73. The van der Waals surface area contributed by atoms with E-state index >= 15 is 0 Å². The molecule has 0 radical (unpaired) electrons. The van der Waals surface area contributed by atoms with Crippen LogP contribution in [-0.4, -0.2) is 89.7 Å². The molecule has 19 heteroatoms. The Morgan fingerprint density at radius 3 is 2.67 bits per heavy atom. The van der Waals surface area contributed by atoms with E-state index in [1.165, 1.54) is 31.2 Å². The molecule has 17 nitrogen and oxygen atoms in total. The standard InChI is InChI=1S/C14H19N9O8S2/c1-14(2,12(26)27)31-20-8(9-19-13(15)32-21-9)10(24)18-7-6(3-22-5-16-4-17-22)23(11(7)25)33(28,29)30/h4-7,13H,3,15H2,1-2H3,(H,18,24)(H,19,21)(H,26,27)(H,28,29,30)/b20-8-. The van der Waals surface area contributed by atoms with Gasteiger partial charge < -0.3 is 20.0 Å². The molecule has 1 fully saturated rings. The van der Waals surface area contributed by atoms with Gasteiger partial charge in [-0.3, -0.25) is 24.6 Å². The summed E-state index contributed by atoms with van der Waals surface area (Å²) in [5, 5.41) is 18.9. The van der Waals surface area contributed by atoms with Crippen molar-refractivity contribution in [3.63, 3.8) is 0 Å². The molecule has 1 aromatic rings. The maximum absolute atomic E-state index is 12.9. The second kappa shape index (κ2) is 8.92. The maximum Gasteiger partial charge on any atom is 0.362 e. The van der Waals surface area contributed by atoms with E-state index in [1.54, 1.807) is 0 Å². The number of amides is 2. The van der Waals surface area contributed by atoms with Gasteiger partial charge >= 0.3 is 16.3 Å². The number of β-lactam (4-membered cyclic amide) rings is 1. The highest BCUT2D eigenvalue weighted by atomic mass is 32.2. The highest BCUT2D eigenvalue weighted by molar-refractivity contribution is 7.98. The average Bonchev–Trinajstić information content (AvgIpc) is 3.36. The lowest BCUT2D eigenvalue weighted by atomic mass is 9.98. The molecule has 1 aromatic heterocycles. The number of carboxylic acids is 1. The van der Waals surface area contributed by atoms with Crippen molar-refractivity contribution in [2.75, 3.05) is 0 Å². The Hall–Kier alpha value is -3.29. The predicted molar refractivity (Wildman–Crippen MR) is 111 cm³/mol. The molecule has 0 bridgehead atoms. The number of aromatic nitrogens is 3. The Morgan fingerprint density at radius 1 is 1.45 bits per heavy atom. The number of carbonyl (C=O) groups excluding carboxylic acids is 2. The number of oxime groups is 1. The van der Waals surface area contributed by atoms with Gasteiger partial charge in [0.05, 0.1) is 12.6 Å². The van der Waals surface area contributed by atoms with Crippen molar-refractivity contribution in [2.24, 2.45) is 15.9 Å². The van der Waals surface area contributed by atoms with Crippen molar-refractivity contribution in [3.8, 4) is 0 Å². The number of nitrogens with two attached hydrogens (primary N) is 1. The summed E-state index contributed by atoms with van der Waals surface area (Å²) in [4.78, 5) is 49.2. The Balaban J connectivity index is 1.86. The van der Waals surface area contributed by atoms with Crippen LogP contribution in [0.2, 0.25) is 0 Å². The van der Waals surface area contributed by atoms with E-state index in [0.29, 0.717) is 0 Å². The first-order valence-corrected chi connectivity index (χ1v) is 11.3. The Kier molecular flexibility index (Phi) is 6.58. The first-order chi connectivity index (χ1) is 15.3. The molecule has 2 amide bonds. The zero-order valence-electron chi connectivity index (χ0n) is 17.0. The number of carbonyl (C=O) groups is 3.